The molecule has 1 aromatic heterocycles. The number of benzene rings is 1. The Kier molecular flexibility index (Phi) is 3.81. The second-order valence-corrected chi connectivity index (χ2v) is 5.14. The molecule has 1 fully saturated rings. The van der Waals surface area contributed by atoms with E-state index in [0.717, 1.165) is 31.5 Å². The lowest BCUT2D eigenvalue weighted by Gasteiger charge is -2.19. The molecular formula is C16H18N2O2. The van der Waals surface area contributed by atoms with Gasteiger partial charge in [0.25, 0.3) is 5.91 Å². The molecule has 1 aliphatic rings. The van der Waals surface area contributed by atoms with E-state index in [1.54, 1.807) is 0 Å². The lowest BCUT2D eigenvalue weighted by atomic mass is 10.1. The molecule has 0 saturated carbocycles. The SMILES string of the molecule is O=C(c1cnoc1-c1ccccc1)N1CCCCCC1. The van der Waals surface area contributed by atoms with E-state index in [1.165, 1.54) is 19.0 Å². The van der Waals surface area contributed by atoms with Gasteiger partial charge in [-0.2, -0.15) is 0 Å². The van der Waals surface area contributed by atoms with Gasteiger partial charge in [-0.1, -0.05) is 48.3 Å². The third-order valence-corrected chi connectivity index (χ3v) is 3.73. The summed E-state index contributed by atoms with van der Waals surface area (Å²) < 4.78 is 5.30. The minimum absolute atomic E-state index is 0.0343. The number of hydrogen-bond donors (Lipinski definition) is 0. The Morgan fingerprint density at radius 2 is 1.75 bits per heavy atom. The Balaban J connectivity index is 1.87. The van der Waals surface area contributed by atoms with E-state index >= 15 is 0 Å². The van der Waals surface area contributed by atoms with Gasteiger partial charge in [-0.3, -0.25) is 4.79 Å². The molecule has 20 heavy (non-hydrogen) atoms. The molecule has 1 aromatic carbocycles. The van der Waals surface area contributed by atoms with Crippen LogP contribution in [0.15, 0.2) is 41.1 Å². The average Bonchev–Trinajstić information content (AvgIpc) is 2.82. The fraction of sp³-hybridized carbons (Fsp3) is 0.375. The summed E-state index contributed by atoms with van der Waals surface area (Å²) in [6.45, 7) is 1.66. The highest BCUT2D eigenvalue weighted by Gasteiger charge is 2.23. The van der Waals surface area contributed by atoms with Crippen LogP contribution in [0.4, 0.5) is 0 Å². The summed E-state index contributed by atoms with van der Waals surface area (Å²) in [6.07, 6.45) is 6.11. The zero-order chi connectivity index (χ0) is 13.8. The van der Waals surface area contributed by atoms with Gasteiger partial charge in [0.15, 0.2) is 5.76 Å². The summed E-state index contributed by atoms with van der Waals surface area (Å²) in [7, 11) is 0. The van der Waals surface area contributed by atoms with Crippen molar-refractivity contribution in [1.82, 2.24) is 10.1 Å². The molecule has 2 heterocycles. The molecule has 1 saturated heterocycles. The van der Waals surface area contributed by atoms with Gasteiger partial charge in [0.1, 0.15) is 5.56 Å². The van der Waals surface area contributed by atoms with Gasteiger partial charge in [-0.05, 0) is 12.8 Å². The first-order valence-corrected chi connectivity index (χ1v) is 7.15. The van der Waals surface area contributed by atoms with Gasteiger partial charge in [-0.15, -0.1) is 0 Å². The van der Waals surface area contributed by atoms with Crippen LogP contribution in [0.25, 0.3) is 11.3 Å². The Hall–Kier alpha value is -2.10. The van der Waals surface area contributed by atoms with E-state index in [1.807, 2.05) is 35.2 Å². The number of aromatic nitrogens is 1. The third-order valence-electron chi connectivity index (χ3n) is 3.73. The molecule has 104 valence electrons. The highest BCUT2D eigenvalue weighted by Crippen LogP contribution is 2.25. The quantitative estimate of drug-likeness (QED) is 0.840. The van der Waals surface area contributed by atoms with Gasteiger partial charge in [0.2, 0.25) is 0 Å². The molecule has 3 rings (SSSR count). The first kappa shape index (κ1) is 12.9. The summed E-state index contributed by atoms with van der Waals surface area (Å²) in [5.41, 5.74) is 1.46. The average molecular weight is 270 g/mol. The van der Waals surface area contributed by atoms with E-state index in [-0.39, 0.29) is 5.91 Å². The standard InChI is InChI=1S/C16H18N2O2/c19-16(18-10-6-1-2-7-11-18)14-12-17-20-15(14)13-8-4-3-5-9-13/h3-5,8-9,12H,1-2,6-7,10-11H2. The van der Waals surface area contributed by atoms with Crippen LogP contribution >= 0.6 is 0 Å². The van der Waals surface area contributed by atoms with Crippen LogP contribution in [0, 0.1) is 0 Å². The lowest BCUT2D eigenvalue weighted by molar-refractivity contribution is 0.0762. The van der Waals surface area contributed by atoms with Crippen LogP contribution in [0.1, 0.15) is 36.0 Å². The molecule has 0 aliphatic carbocycles. The van der Waals surface area contributed by atoms with E-state index < -0.39 is 0 Å². The largest absolute Gasteiger partial charge is 0.355 e. The molecule has 0 spiro atoms. The fourth-order valence-corrected chi connectivity index (χ4v) is 2.63. The van der Waals surface area contributed by atoms with E-state index in [0.29, 0.717) is 11.3 Å². The maximum Gasteiger partial charge on any atom is 0.259 e. The maximum atomic E-state index is 12.6. The normalized spacial score (nSPS) is 15.9. The zero-order valence-electron chi connectivity index (χ0n) is 11.4. The fourth-order valence-electron chi connectivity index (χ4n) is 2.63. The number of amides is 1. The Morgan fingerprint density at radius 3 is 2.45 bits per heavy atom. The smallest absolute Gasteiger partial charge is 0.259 e. The second-order valence-electron chi connectivity index (χ2n) is 5.14. The lowest BCUT2D eigenvalue weighted by Crippen LogP contribution is -2.31. The number of likely N-dealkylation sites (tertiary alicyclic amines) is 1. The van der Waals surface area contributed by atoms with Gasteiger partial charge in [0.05, 0.1) is 6.20 Å². The molecule has 1 amide bonds. The predicted octanol–water partition coefficient (Wildman–Crippen LogP) is 3.36. The highest BCUT2D eigenvalue weighted by molar-refractivity contribution is 5.99. The van der Waals surface area contributed by atoms with Crippen LogP contribution in [-0.4, -0.2) is 29.1 Å². The summed E-state index contributed by atoms with van der Waals surface area (Å²) in [5, 5.41) is 3.82. The van der Waals surface area contributed by atoms with Gasteiger partial charge < -0.3 is 9.42 Å². The van der Waals surface area contributed by atoms with Crippen molar-refractivity contribution in [2.24, 2.45) is 0 Å². The van der Waals surface area contributed by atoms with Crippen molar-refractivity contribution >= 4 is 5.91 Å². The van der Waals surface area contributed by atoms with E-state index in [4.69, 9.17) is 4.52 Å². The molecule has 0 N–H and O–H groups in total. The molecule has 0 unspecified atom stereocenters. The van der Waals surface area contributed by atoms with Crippen molar-refractivity contribution in [1.29, 1.82) is 0 Å². The van der Waals surface area contributed by atoms with Gasteiger partial charge in [0, 0.05) is 18.7 Å². The van der Waals surface area contributed by atoms with E-state index in [2.05, 4.69) is 5.16 Å². The van der Waals surface area contributed by atoms with Crippen LogP contribution in [0.2, 0.25) is 0 Å². The molecule has 1 aliphatic heterocycles. The van der Waals surface area contributed by atoms with Crippen molar-refractivity contribution in [2.45, 2.75) is 25.7 Å². The minimum atomic E-state index is 0.0343. The number of carbonyl (C=O) groups is 1. The number of rotatable bonds is 2. The van der Waals surface area contributed by atoms with Crippen molar-refractivity contribution in [3.63, 3.8) is 0 Å². The van der Waals surface area contributed by atoms with Crippen molar-refractivity contribution in [2.75, 3.05) is 13.1 Å². The number of hydrogen-bond acceptors (Lipinski definition) is 3. The first-order valence-electron chi connectivity index (χ1n) is 7.15. The number of carbonyl (C=O) groups excluding carboxylic acids is 1. The second kappa shape index (κ2) is 5.90. The maximum absolute atomic E-state index is 12.6. The molecule has 4 nitrogen and oxygen atoms in total. The van der Waals surface area contributed by atoms with Crippen molar-refractivity contribution in [3.05, 3.63) is 42.1 Å². The third kappa shape index (κ3) is 2.59. The van der Waals surface area contributed by atoms with Crippen LogP contribution in [0.5, 0.6) is 0 Å². The van der Waals surface area contributed by atoms with Crippen LogP contribution < -0.4 is 0 Å². The highest BCUT2D eigenvalue weighted by atomic mass is 16.5. The van der Waals surface area contributed by atoms with Crippen molar-refractivity contribution in [3.8, 4) is 11.3 Å². The predicted molar refractivity (Wildman–Crippen MR) is 76.3 cm³/mol. The van der Waals surface area contributed by atoms with Gasteiger partial charge >= 0.3 is 0 Å². The summed E-state index contributed by atoms with van der Waals surface area (Å²) in [4.78, 5) is 14.6. The Bertz CT molecular complexity index is 569. The van der Waals surface area contributed by atoms with E-state index in [9.17, 15) is 4.79 Å². The number of nitrogens with zero attached hydrogens (tertiary/aromatic N) is 2. The molecule has 0 bridgehead atoms. The van der Waals surface area contributed by atoms with Gasteiger partial charge in [-0.25, -0.2) is 0 Å². The Morgan fingerprint density at radius 1 is 1.05 bits per heavy atom. The Labute approximate surface area is 118 Å². The van der Waals surface area contributed by atoms with Crippen LogP contribution in [0.3, 0.4) is 0 Å². The summed E-state index contributed by atoms with van der Waals surface area (Å²) in [6, 6.07) is 9.66. The summed E-state index contributed by atoms with van der Waals surface area (Å²) in [5.74, 6) is 0.604. The first-order chi connectivity index (χ1) is 9.86. The topological polar surface area (TPSA) is 46.3 Å². The van der Waals surface area contributed by atoms with Crippen molar-refractivity contribution < 1.29 is 9.32 Å². The molecule has 4 heteroatoms. The van der Waals surface area contributed by atoms with Crippen LogP contribution in [-0.2, 0) is 0 Å². The minimum Gasteiger partial charge on any atom is -0.355 e. The zero-order valence-corrected chi connectivity index (χ0v) is 11.4. The monoisotopic (exact) mass is 270 g/mol. The molecule has 0 radical (unpaired) electrons. The molecular weight excluding hydrogens is 252 g/mol. The summed E-state index contributed by atoms with van der Waals surface area (Å²) >= 11 is 0. The molecule has 0 atom stereocenters. The molecule has 2 aromatic rings.